The van der Waals surface area contributed by atoms with Crippen LogP contribution in [0.5, 0.6) is 0 Å². The van der Waals surface area contributed by atoms with Crippen LogP contribution in [0.1, 0.15) is 37.0 Å². The Morgan fingerprint density at radius 2 is 2.08 bits per heavy atom. The molecule has 1 N–H and O–H groups in total. The van der Waals surface area contributed by atoms with Gasteiger partial charge in [-0.25, -0.2) is 0 Å². The zero-order valence-electron chi connectivity index (χ0n) is 14.4. The minimum atomic E-state index is -0.577. The Morgan fingerprint density at radius 1 is 1.36 bits per heavy atom. The van der Waals surface area contributed by atoms with E-state index in [-0.39, 0.29) is 11.8 Å². The van der Waals surface area contributed by atoms with Crippen molar-refractivity contribution in [3.05, 3.63) is 34.9 Å². The van der Waals surface area contributed by atoms with Crippen molar-refractivity contribution in [3.8, 4) is 0 Å². The van der Waals surface area contributed by atoms with Crippen LogP contribution in [0.4, 0.5) is 0 Å². The summed E-state index contributed by atoms with van der Waals surface area (Å²) in [6.45, 7) is 5.68. The van der Waals surface area contributed by atoms with Crippen LogP contribution in [-0.4, -0.2) is 47.7 Å². The van der Waals surface area contributed by atoms with Crippen molar-refractivity contribution in [1.82, 2.24) is 10.2 Å². The minimum Gasteiger partial charge on any atom is -0.386 e. The van der Waals surface area contributed by atoms with Gasteiger partial charge in [0.05, 0.1) is 6.54 Å². The summed E-state index contributed by atoms with van der Waals surface area (Å²) in [4.78, 5) is 32.1. The van der Waals surface area contributed by atoms with Gasteiger partial charge in [0.15, 0.2) is 5.60 Å². The van der Waals surface area contributed by atoms with Gasteiger partial charge in [0.2, 0.25) is 0 Å². The van der Waals surface area contributed by atoms with Gasteiger partial charge in [-0.2, -0.15) is 0 Å². The van der Waals surface area contributed by atoms with Gasteiger partial charge in [0.25, 0.3) is 11.8 Å². The normalized spacial score (nSPS) is 22.2. The van der Waals surface area contributed by atoms with E-state index in [1.165, 1.54) is 0 Å². The van der Waals surface area contributed by atoms with Crippen LogP contribution >= 0.6 is 11.6 Å². The first-order valence-electron chi connectivity index (χ1n) is 8.47. The number of carbonyl (C=O) groups excluding carboxylic acids is 2. The molecule has 3 rings (SSSR count). The molecule has 6 nitrogen and oxygen atoms in total. The highest BCUT2D eigenvalue weighted by Gasteiger charge is 2.47. The predicted molar refractivity (Wildman–Crippen MR) is 95.7 cm³/mol. The van der Waals surface area contributed by atoms with Gasteiger partial charge in [0, 0.05) is 36.5 Å². The fraction of sp³-hybridized carbons (Fsp3) is 0.500. The third-order valence-corrected chi connectivity index (χ3v) is 4.72. The fourth-order valence-electron chi connectivity index (χ4n) is 3.05. The van der Waals surface area contributed by atoms with Crippen LogP contribution in [0.25, 0.3) is 0 Å². The molecular formula is C18H22ClN3O3. The molecular weight excluding hydrogens is 342 g/mol. The summed E-state index contributed by atoms with van der Waals surface area (Å²) in [6, 6.07) is 6.83. The number of likely N-dealkylation sites (tertiary alicyclic amines) is 1. The maximum absolute atomic E-state index is 12.6. The molecule has 0 saturated carbocycles. The molecule has 0 bridgehead atoms. The molecule has 1 saturated heterocycles. The third-order valence-electron chi connectivity index (χ3n) is 4.47. The summed E-state index contributed by atoms with van der Waals surface area (Å²) in [5.74, 6) is 0.128. The smallest absolute Gasteiger partial charge is 0.269 e. The van der Waals surface area contributed by atoms with E-state index in [0.717, 1.165) is 0 Å². The topological polar surface area (TPSA) is 71.0 Å². The van der Waals surface area contributed by atoms with Crippen LogP contribution in [0.2, 0.25) is 5.02 Å². The number of halogens is 1. The maximum atomic E-state index is 12.6. The van der Waals surface area contributed by atoms with Crippen LogP contribution in [-0.2, 0) is 9.63 Å². The van der Waals surface area contributed by atoms with Crippen molar-refractivity contribution in [1.29, 1.82) is 0 Å². The van der Waals surface area contributed by atoms with Crippen molar-refractivity contribution < 1.29 is 14.4 Å². The molecule has 1 aromatic carbocycles. The molecule has 7 heteroatoms. The number of hydrogen-bond donors (Lipinski definition) is 1. The van der Waals surface area contributed by atoms with E-state index in [0.29, 0.717) is 54.7 Å². The van der Waals surface area contributed by atoms with Gasteiger partial charge in [-0.15, -0.1) is 0 Å². The second-order valence-electron chi connectivity index (χ2n) is 7.08. The monoisotopic (exact) mass is 363 g/mol. The first-order valence-corrected chi connectivity index (χ1v) is 8.84. The number of amides is 2. The largest absolute Gasteiger partial charge is 0.386 e. The summed E-state index contributed by atoms with van der Waals surface area (Å²) in [5.41, 5.74) is 0.420. The van der Waals surface area contributed by atoms with E-state index in [2.05, 4.69) is 10.5 Å². The first-order chi connectivity index (χ1) is 11.9. The molecule has 2 heterocycles. The van der Waals surface area contributed by atoms with Crippen LogP contribution in [0.3, 0.4) is 0 Å². The molecule has 2 aliphatic rings. The molecule has 1 atom stereocenters. The summed E-state index contributed by atoms with van der Waals surface area (Å²) >= 11 is 5.87. The van der Waals surface area contributed by atoms with E-state index < -0.39 is 5.60 Å². The highest BCUT2D eigenvalue weighted by molar-refractivity contribution is 6.39. The SMILES string of the molecule is CC(C)CNC(=O)C1=NO[C@]2(CCN(C(=O)c3ccc(Cl)cc3)C2)C1. The Labute approximate surface area is 152 Å². The van der Waals surface area contributed by atoms with E-state index in [4.69, 9.17) is 16.4 Å². The lowest BCUT2D eigenvalue weighted by atomic mass is 9.96. The number of hydrogen-bond acceptors (Lipinski definition) is 4. The first kappa shape index (κ1) is 17.7. The van der Waals surface area contributed by atoms with Crippen molar-refractivity contribution in [3.63, 3.8) is 0 Å². The summed E-state index contributed by atoms with van der Waals surface area (Å²) < 4.78 is 0. The summed E-state index contributed by atoms with van der Waals surface area (Å²) in [6.07, 6.45) is 1.10. The van der Waals surface area contributed by atoms with Crippen molar-refractivity contribution in [2.24, 2.45) is 11.1 Å². The molecule has 1 spiro atoms. The molecule has 134 valence electrons. The van der Waals surface area contributed by atoms with E-state index in [1.807, 2.05) is 13.8 Å². The highest BCUT2D eigenvalue weighted by atomic mass is 35.5. The molecule has 0 aliphatic carbocycles. The van der Waals surface area contributed by atoms with Gasteiger partial charge >= 0.3 is 0 Å². The Hall–Kier alpha value is -2.08. The number of carbonyl (C=O) groups is 2. The van der Waals surface area contributed by atoms with Gasteiger partial charge in [-0.05, 0) is 30.2 Å². The zero-order valence-corrected chi connectivity index (χ0v) is 15.2. The molecule has 25 heavy (non-hydrogen) atoms. The quantitative estimate of drug-likeness (QED) is 0.893. The molecule has 0 unspecified atom stereocenters. The Morgan fingerprint density at radius 3 is 2.76 bits per heavy atom. The zero-order chi connectivity index (χ0) is 18.0. The van der Waals surface area contributed by atoms with E-state index in [1.54, 1.807) is 29.2 Å². The van der Waals surface area contributed by atoms with Crippen LogP contribution in [0, 0.1) is 5.92 Å². The number of nitrogens with one attached hydrogen (secondary N) is 1. The molecule has 1 aromatic rings. The van der Waals surface area contributed by atoms with Crippen LogP contribution in [0.15, 0.2) is 29.4 Å². The van der Waals surface area contributed by atoms with Crippen molar-refractivity contribution >= 4 is 29.1 Å². The molecule has 0 radical (unpaired) electrons. The molecule has 2 amide bonds. The van der Waals surface area contributed by atoms with E-state index >= 15 is 0 Å². The lowest BCUT2D eigenvalue weighted by Gasteiger charge is -2.21. The van der Waals surface area contributed by atoms with Gasteiger partial charge in [-0.1, -0.05) is 30.6 Å². The third kappa shape index (κ3) is 3.95. The second kappa shape index (κ2) is 7.04. The molecule has 0 aromatic heterocycles. The molecule has 2 aliphatic heterocycles. The Balaban J connectivity index is 1.59. The lowest BCUT2D eigenvalue weighted by molar-refractivity contribution is -0.115. The summed E-state index contributed by atoms with van der Waals surface area (Å²) in [5, 5.41) is 7.43. The van der Waals surface area contributed by atoms with Gasteiger partial charge in [0.1, 0.15) is 5.71 Å². The molecule has 1 fully saturated rings. The number of benzene rings is 1. The van der Waals surface area contributed by atoms with Gasteiger partial charge < -0.3 is 15.1 Å². The van der Waals surface area contributed by atoms with Crippen molar-refractivity contribution in [2.45, 2.75) is 32.3 Å². The maximum Gasteiger partial charge on any atom is 0.269 e. The standard InChI is InChI=1S/C18H22ClN3O3/c1-12(2)10-20-16(23)15-9-18(25-21-15)7-8-22(11-18)17(24)13-3-5-14(19)6-4-13/h3-6,12H,7-11H2,1-2H3,(H,20,23)/t18-/m1/s1. The second-order valence-corrected chi connectivity index (χ2v) is 7.51. The average molecular weight is 364 g/mol. The number of nitrogens with zero attached hydrogens (tertiary/aromatic N) is 2. The summed E-state index contributed by atoms with van der Waals surface area (Å²) in [7, 11) is 0. The fourth-order valence-corrected chi connectivity index (χ4v) is 3.18. The lowest BCUT2D eigenvalue weighted by Crippen LogP contribution is -2.39. The average Bonchev–Trinajstić information content (AvgIpc) is 3.20. The van der Waals surface area contributed by atoms with Gasteiger partial charge in [-0.3, -0.25) is 9.59 Å². The number of oxime groups is 1. The Bertz CT molecular complexity index is 702. The Kier molecular flexibility index (Phi) is 4.99. The van der Waals surface area contributed by atoms with E-state index in [9.17, 15) is 9.59 Å². The van der Waals surface area contributed by atoms with Crippen molar-refractivity contribution in [2.75, 3.05) is 19.6 Å². The number of rotatable bonds is 4. The highest BCUT2D eigenvalue weighted by Crippen LogP contribution is 2.34. The predicted octanol–water partition coefficient (Wildman–Crippen LogP) is 2.47. The van der Waals surface area contributed by atoms with Crippen LogP contribution < -0.4 is 5.32 Å². The minimum absolute atomic E-state index is 0.0603.